The molecule has 0 fully saturated rings. The third kappa shape index (κ3) is 2.58. The summed E-state index contributed by atoms with van der Waals surface area (Å²) in [5.74, 6) is 0. The lowest BCUT2D eigenvalue weighted by atomic mass is 10.1. The molecule has 0 atom stereocenters. The second-order valence-electron chi connectivity index (χ2n) is 4.03. The number of likely N-dealkylation sites (N-methyl/N-ethyl adjacent to an activating group) is 1. The molecule has 0 saturated carbocycles. The number of rotatable bonds is 4. The summed E-state index contributed by atoms with van der Waals surface area (Å²) in [6.07, 6.45) is 0.940. The Morgan fingerprint density at radius 3 is 2.82 bits per heavy atom. The van der Waals surface area contributed by atoms with Gasteiger partial charge in [-0.05, 0) is 35.5 Å². The van der Waals surface area contributed by atoms with Crippen LogP contribution in [0, 0.1) is 6.92 Å². The zero-order valence-electron chi connectivity index (χ0n) is 10.0. The predicted molar refractivity (Wildman–Crippen MR) is 74.1 cm³/mol. The molecule has 0 saturated heterocycles. The molecule has 0 radical (unpaired) electrons. The molecule has 1 aromatic carbocycles. The van der Waals surface area contributed by atoms with Gasteiger partial charge < -0.3 is 5.32 Å². The fraction of sp³-hybridized carbons (Fsp3) is 0.308. The Morgan fingerprint density at radius 1 is 1.35 bits per heavy atom. The fourth-order valence-electron chi connectivity index (χ4n) is 1.80. The van der Waals surface area contributed by atoms with Gasteiger partial charge in [-0.15, -0.1) is 0 Å². The summed E-state index contributed by atoms with van der Waals surface area (Å²) in [4.78, 5) is 0. The molecule has 0 aliphatic carbocycles. The molecule has 0 bridgehead atoms. The van der Waals surface area contributed by atoms with E-state index in [-0.39, 0.29) is 0 Å². The van der Waals surface area contributed by atoms with Gasteiger partial charge in [-0.25, -0.2) is 0 Å². The van der Waals surface area contributed by atoms with Gasteiger partial charge in [-0.2, -0.15) is 5.10 Å². The molecular weight excluding hydrogens is 278 g/mol. The molecule has 1 aromatic heterocycles. The van der Waals surface area contributed by atoms with Gasteiger partial charge in [0.2, 0.25) is 0 Å². The van der Waals surface area contributed by atoms with E-state index in [1.54, 1.807) is 0 Å². The van der Waals surface area contributed by atoms with Gasteiger partial charge in [0.25, 0.3) is 0 Å². The van der Waals surface area contributed by atoms with Gasteiger partial charge in [-0.3, -0.25) is 5.10 Å². The van der Waals surface area contributed by atoms with Crippen molar-refractivity contribution in [3.05, 3.63) is 40.0 Å². The maximum Gasteiger partial charge on any atom is 0.107 e. The van der Waals surface area contributed by atoms with E-state index in [4.69, 9.17) is 0 Å². The van der Waals surface area contributed by atoms with Crippen molar-refractivity contribution in [3.63, 3.8) is 0 Å². The lowest BCUT2D eigenvalue weighted by Gasteiger charge is -2.02. The highest BCUT2D eigenvalue weighted by Crippen LogP contribution is 2.30. The van der Waals surface area contributed by atoms with Gasteiger partial charge >= 0.3 is 0 Å². The van der Waals surface area contributed by atoms with Gasteiger partial charge in [0, 0.05) is 18.5 Å². The lowest BCUT2D eigenvalue weighted by molar-refractivity contribution is 0.770. The number of nitrogens with zero attached hydrogens (tertiary/aromatic N) is 1. The van der Waals surface area contributed by atoms with E-state index in [1.165, 1.54) is 11.1 Å². The molecule has 0 aliphatic rings. The van der Waals surface area contributed by atoms with Gasteiger partial charge in [-0.1, -0.05) is 24.3 Å². The summed E-state index contributed by atoms with van der Waals surface area (Å²) in [7, 11) is 1.95. The number of halogens is 1. The maximum atomic E-state index is 4.40. The van der Waals surface area contributed by atoms with E-state index in [0.717, 1.165) is 28.8 Å². The fourth-order valence-corrected chi connectivity index (χ4v) is 2.39. The molecule has 2 rings (SSSR count). The van der Waals surface area contributed by atoms with E-state index in [0.29, 0.717) is 0 Å². The van der Waals surface area contributed by atoms with E-state index in [2.05, 4.69) is 50.5 Å². The number of benzene rings is 1. The molecule has 3 nitrogen and oxygen atoms in total. The third-order valence-corrected chi connectivity index (χ3v) is 3.65. The van der Waals surface area contributed by atoms with Crippen LogP contribution in [0.4, 0.5) is 0 Å². The first-order chi connectivity index (χ1) is 8.24. The highest BCUT2D eigenvalue weighted by atomic mass is 79.9. The second-order valence-corrected chi connectivity index (χ2v) is 4.83. The number of aryl methyl sites for hydroxylation is 1. The Labute approximate surface area is 110 Å². The topological polar surface area (TPSA) is 40.7 Å². The monoisotopic (exact) mass is 293 g/mol. The molecule has 2 aromatic rings. The number of nitrogens with one attached hydrogen (secondary N) is 2. The van der Waals surface area contributed by atoms with Crippen molar-refractivity contribution in [3.8, 4) is 11.3 Å². The number of aromatic amines is 1. The molecule has 4 heteroatoms. The molecule has 0 unspecified atom stereocenters. The van der Waals surface area contributed by atoms with Crippen LogP contribution in [-0.4, -0.2) is 23.8 Å². The Bertz CT molecular complexity index is 505. The van der Waals surface area contributed by atoms with Crippen LogP contribution in [0.25, 0.3) is 11.3 Å². The minimum atomic E-state index is 0.938. The van der Waals surface area contributed by atoms with Crippen LogP contribution in [0.2, 0.25) is 0 Å². The van der Waals surface area contributed by atoms with Crippen LogP contribution in [-0.2, 0) is 6.42 Å². The van der Waals surface area contributed by atoms with Crippen molar-refractivity contribution in [2.24, 2.45) is 0 Å². The van der Waals surface area contributed by atoms with Crippen molar-refractivity contribution in [1.29, 1.82) is 0 Å². The molecule has 90 valence electrons. The van der Waals surface area contributed by atoms with E-state index < -0.39 is 0 Å². The number of H-pyrrole nitrogens is 1. The third-order valence-electron chi connectivity index (χ3n) is 2.80. The molecule has 17 heavy (non-hydrogen) atoms. The Kier molecular flexibility index (Phi) is 3.97. The zero-order chi connectivity index (χ0) is 12.3. The Morgan fingerprint density at radius 2 is 2.12 bits per heavy atom. The first-order valence-electron chi connectivity index (χ1n) is 5.67. The number of aromatic nitrogens is 2. The van der Waals surface area contributed by atoms with Gasteiger partial charge in [0.05, 0.1) is 10.2 Å². The average molecular weight is 294 g/mol. The van der Waals surface area contributed by atoms with Crippen LogP contribution < -0.4 is 5.32 Å². The second kappa shape index (κ2) is 5.47. The summed E-state index contributed by atoms with van der Waals surface area (Å²) >= 11 is 3.63. The van der Waals surface area contributed by atoms with Crippen molar-refractivity contribution in [1.82, 2.24) is 15.5 Å². The highest BCUT2D eigenvalue weighted by molar-refractivity contribution is 9.10. The average Bonchev–Trinajstić information content (AvgIpc) is 2.69. The van der Waals surface area contributed by atoms with E-state index in [9.17, 15) is 0 Å². The minimum Gasteiger partial charge on any atom is -0.319 e. The molecule has 0 spiro atoms. The van der Waals surface area contributed by atoms with Crippen molar-refractivity contribution >= 4 is 15.9 Å². The quantitative estimate of drug-likeness (QED) is 0.910. The van der Waals surface area contributed by atoms with Gasteiger partial charge in [0.15, 0.2) is 0 Å². The Hall–Kier alpha value is -1.13. The van der Waals surface area contributed by atoms with Gasteiger partial charge in [0.1, 0.15) is 5.69 Å². The van der Waals surface area contributed by atoms with Crippen molar-refractivity contribution in [2.75, 3.05) is 13.6 Å². The number of hydrogen-bond acceptors (Lipinski definition) is 2. The summed E-state index contributed by atoms with van der Waals surface area (Å²) in [5, 5.41) is 10.6. The van der Waals surface area contributed by atoms with Crippen LogP contribution in [0.1, 0.15) is 11.3 Å². The maximum absolute atomic E-state index is 4.40. The first kappa shape index (κ1) is 12.3. The van der Waals surface area contributed by atoms with Crippen LogP contribution in [0.15, 0.2) is 28.7 Å². The summed E-state index contributed by atoms with van der Waals surface area (Å²) in [6, 6.07) is 8.28. The minimum absolute atomic E-state index is 0.938. The standard InChI is InChI=1S/C13H16BrN3/c1-9-5-3-4-6-10(9)13-12(14)11(16-17-13)7-8-15-2/h3-6,15H,7-8H2,1-2H3,(H,16,17). The van der Waals surface area contributed by atoms with Crippen LogP contribution in [0.3, 0.4) is 0 Å². The van der Waals surface area contributed by atoms with Crippen molar-refractivity contribution in [2.45, 2.75) is 13.3 Å². The van der Waals surface area contributed by atoms with Crippen LogP contribution >= 0.6 is 15.9 Å². The molecule has 1 heterocycles. The van der Waals surface area contributed by atoms with Crippen molar-refractivity contribution < 1.29 is 0 Å². The van der Waals surface area contributed by atoms with Crippen LogP contribution in [0.5, 0.6) is 0 Å². The molecule has 0 amide bonds. The largest absolute Gasteiger partial charge is 0.319 e. The van der Waals surface area contributed by atoms with E-state index in [1.807, 2.05) is 19.2 Å². The summed E-state index contributed by atoms with van der Waals surface area (Å²) in [5.41, 5.74) is 4.54. The SMILES string of the molecule is CNCCc1[nH]nc(-c2ccccc2C)c1Br. The molecule has 0 aliphatic heterocycles. The Balaban J connectivity index is 2.34. The summed E-state index contributed by atoms with van der Waals surface area (Å²) in [6.45, 7) is 3.04. The smallest absolute Gasteiger partial charge is 0.107 e. The predicted octanol–water partition coefficient (Wildman–Crippen LogP) is 2.91. The number of hydrogen-bond donors (Lipinski definition) is 2. The summed E-state index contributed by atoms with van der Waals surface area (Å²) < 4.78 is 1.07. The highest BCUT2D eigenvalue weighted by Gasteiger charge is 2.13. The van der Waals surface area contributed by atoms with E-state index >= 15 is 0 Å². The molecule has 2 N–H and O–H groups in total. The lowest BCUT2D eigenvalue weighted by Crippen LogP contribution is -2.10. The zero-order valence-corrected chi connectivity index (χ0v) is 11.6. The first-order valence-corrected chi connectivity index (χ1v) is 6.46. The molecular formula is C13H16BrN3. The normalized spacial score (nSPS) is 10.8.